The molecule has 2 aliphatic rings. The summed E-state index contributed by atoms with van der Waals surface area (Å²) in [6, 6.07) is 44.7. The molecule has 254 valence electrons. The first-order chi connectivity index (χ1) is 25.5. The molecule has 1 aromatic heterocycles. The Morgan fingerprint density at radius 1 is 0.481 bits per heavy atom. The van der Waals surface area contributed by atoms with Gasteiger partial charge in [0.1, 0.15) is 0 Å². The molecule has 0 amide bonds. The summed E-state index contributed by atoms with van der Waals surface area (Å²) in [4.78, 5) is 27.2. The van der Waals surface area contributed by atoms with Gasteiger partial charge in [-0.1, -0.05) is 126 Å². The Labute approximate surface area is 311 Å². The highest BCUT2D eigenvalue weighted by Gasteiger charge is 2.61. The van der Waals surface area contributed by atoms with Gasteiger partial charge in [0.25, 0.3) is 0 Å². The molecule has 1 unspecified atom stereocenters. The molecule has 2 aliphatic heterocycles. The van der Waals surface area contributed by atoms with Crippen molar-refractivity contribution >= 4 is 46.0 Å². The van der Waals surface area contributed by atoms with Crippen LogP contribution in [-0.2, 0) is 11.3 Å². The van der Waals surface area contributed by atoms with E-state index < -0.39 is 11.3 Å². The highest BCUT2D eigenvalue weighted by molar-refractivity contribution is 6.57. The number of aromatic nitrogens is 1. The van der Waals surface area contributed by atoms with Crippen LogP contribution in [0.25, 0.3) is 0 Å². The average Bonchev–Trinajstić information content (AvgIpc) is 3.82. The van der Waals surface area contributed by atoms with Crippen LogP contribution in [-0.4, -0.2) is 42.1 Å². The lowest BCUT2D eigenvalue weighted by Crippen LogP contribution is -2.43. The molecule has 3 heterocycles. The Balaban J connectivity index is 1.54. The molecule has 9 heteroatoms. The van der Waals surface area contributed by atoms with Crippen LogP contribution in [0, 0.1) is 0 Å². The number of nitrogens with zero attached hydrogens (tertiary/aromatic N) is 5. The first kappa shape index (κ1) is 33.3. The van der Waals surface area contributed by atoms with E-state index in [1.54, 1.807) is 26.6 Å². The van der Waals surface area contributed by atoms with E-state index in [2.05, 4.69) is 4.98 Å². The molecule has 1 atom stereocenters. The quantitative estimate of drug-likeness (QED) is 0.149. The highest BCUT2D eigenvalue weighted by Crippen LogP contribution is 2.56. The maximum Gasteiger partial charge on any atom is 0.227 e. The number of aliphatic imine (C=N–C) groups is 4. The third-order valence-corrected chi connectivity index (χ3v) is 9.88. The molecule has 0 saturated heterocycles. The van der Waals surface area contributed by atoms with E-state index in [0.29, 0.717) is 61.1 Å². The summed E-state index contributed by atoms with van der Waals surface area (Å²) in [6.45, 7) is 0. The summed E-state index contributed by atoms with van der Waals surface area (Å²) in [5, 5.41) is 0.957. The van der Waals surface area contributed by atoms with Gasteiger partial charge in [0, 0.05) is 50.8 Å². The number of pyridine rings is 1. The molecular weight excluding hydrogens is 689 g/mol. The number of rotatable bonds is 9. The first-order valence-electron chi connectivity index (χ1n) is 16.6. The van der Waals surface area contributed by atoms with E-state index >= 15 is 0 Å². The largest absolute Gasteiger partial charge is 0.493 e. The maximum atomic E-state index is 7.22. The predicted molar refractivity (Wildman–Crippen MR) is 209 cm³/mol. The monoisotopic (exact) mass is 719 g/mol. The zero-order valence-electron chi connectivity index (χ0n) is 28.2. The molecule has 0 saturated carbocycles. The minimum absolute atomic E-state index is 0.449. The van der Waals surface area contributed by atoms with Crippen molar-refractivity contribution in [3.63, 3.8) is 0 Å². The van der Waals surface area contributed by atoms with Gasteiger partial charge in [-0.3, -0.25) is 4.98 Å². The minimum Gasteiger partial charge on any atom is -0.493 e. The van der Waals surface area contributed by atoms with Gasteiger partial charge in [-0.15, -0.1) is 0 Å². The second kappa shape index (κ2) is 13.7. The van der Waals surface area contributed by atoms with Gasteiger partial charge >= 0.3 is 0 Å². The number of hydrogen-bond donors (Lipinski definition) is 0. The van der Waals surface area contributed by atoms with Crippen LogP contribution in [0.3, 0.4) is 0 Å². The van der Waals surface area contributed by atoms with Crippen LogP contribution in [0.2, 0.25) is 10.0 Å². The highest BCUT2D eigenvalue weighted by atomic mass is 35.5. The molecule has 6 aromatic rings. The first-order valence-corrected chi connectivity index (χ1v) is 17.4. The summed E-state index contributed by atoms with van der Waals surface area (Å²) in [5.41, 5.74) is 3.81. The van der Waals surface area contributed by atoms with E-state index in [4.69, 9.17) is 52.6 Å². The van der Waals surface area contributed by atoms with E-state index in [1.807, 2.05) is 140 Å². The molecule has 0 radical (unpaired) electrons. The molecular formula is C43H31Cl2N5O2. The van der Waals surface area contributed by atoms with Gasteiger partial charge in [0.15, 0.2) is 11.5 Å². The summed E-state index contributed by atoms with van der Waals surface area (Å²) in [6.07, 6.45) is 3.50. The van der Waals surface area contributed by atoms with Crippen molar-refractivity contribution in [3.8, 4) is 11.5 Å². The summed E-state index contributed by atoms with van der Waals surface area (Å²) in [5.74, 6) is 1.11. The standard InChI is InChI=1S/C43H31Cl2N5O2/c1-51-36-24-23-30(26-37(36)52-2)40-41(32-19-9-11-21-34(32)44)50-43(49-40,33-20-10-12-22-35(33)45)42(31-18-13-25-46-27-31)47-38(28-14-5-3-6-15-28)39(48-42)29-16-7-4-8-17-29/h3-27H,1-2H3. The minimum atomic E-state index is -1.60. The molecule has 52 heavy (non-hydrogen) atoms. The third kappa shape index (κ3) is 5.50. The third-order valence-electron chi connectivity index (χ3n) is 9.22. The summed E-state index contributed by atoms with van der Waals surface area (Å²) >= 11 is 14.2. The van der Waals surface area contributed by atoms with E-state index in [1.165, 1.54) is 0 Å². The van der Waals surface area contributed by atoms with Crippen LogP contribution in [0.5, 0.6) is 11.5 Å². The Hall–Kier alpha value is -5.89. The molecule has 0 N–H and O–H groups in total. The molecule has 0 fully saturated rings. The van der Waals surface area contributed by atoms with Crippen LogP contribution < -0.4 is 9.47 Å². The van der Waals surface area contributed by atoms with Gasteiger partial charge in [0.2, 0.25) is 11.3 Å². The van der Waals surface area contributed by atoms with Crippen molar-refractivity contribution in [1.82, 2.24) is 4.98 Å². The fourth-order valence-electron chi connectivity index (χ4n) is 6.79. The zero-order chi connectivity index (χ0) is 35.7. The molecule has 0 spiro atoms. The lowest BCUT2D eigenvalue weighted by atomic mass is 9.82. The molecule has 8 rings (SSSR count). The van der Waals surface area contributed by atoms with Crippen molar-refractivity contribution in [2.45, 2.75) is 11.3 Å². The molecule has 7 nitrogen and oxygen atoms in total. The smallest absolute Gasteiger partial charge is 0.227 e. The zero-order valence-corrected chi connectivity index (χ0v) is 29.8. The van der Waals surface area contributed by atoms with Crippen molar-refractivity contribution in [3.05, 3.63) is 195 Å². The Morgan fingerprint density at radius 2 is 1.04 bits per heavy atom. The van der Waals surface area contributed by atoms with Gasteiger partial charge in [0.05, 0.1) is 42.1 Å². The van der Waals surface area contributed by atoms with E-state index in [-0.39, 0.29) is 0 Å². The van der Waals surface area contributed by atoms with E-state index in [0.717, 1.165) is 16.7 Å². The number of hydrogen-bond acceptors (Lipinski definition) is 7. The second-order valence-electron chi connectivity index (χ2n) is 12.2. The van der Waals surface area contributed by atoms with Gasteiger partial charge in [-0.25, -0.2) is 20.0 Å². The predicted octanol–water partition coefficient (Wildman–Crippen LogP) is 9.40. The normalized spacial score (nSPS) is 17.5. The SMILES string of the molecule is COc1ccc(C2=NC(c3ccccc3Cl)(C3(c4cccnc4)N=C(c4ccccc4)C(c4ccccc4)=N3)N=C2c2ccccc2Cl)cc1OC. The second-order valence-corrected chi connectivity index (χ2v) is 13.0. The molecule has 0 aliphatic carbocycles. The Kier molecular flexibility index (Phi) is 8.75. The Bertz CT molecular complexity index is 2360. The number of ether oxygens (including phenoxy) is 2. The Morgan fingerprint density at radius 3 is 1.63 bits per heavy atom. The van der Waals surface area contributed by atoms with Crippen molar-refractivity contribution < 1.29 is 9.47 Å². The average molecular weight is 721 g/mol. The van der Waals surface area contributed by atoms with Gasteiger partial charge in [-0.05, 0) is 36.4 Å². The van der Waals surface area contributed by atoms with Crippen molar-refractivity contribution in [2.75, 3.05) is 14.2 Å². The number of halogens is 2. The van der Waals surface area contributed by atoms with Crippen LogP contribution in [0.1, 0.15) is 33.4 Å². The lowest BCUT2D eigenvalue weighted by molar-refractivity contribution is 0.256. The van der Waals surface area contributed by atoms with Gasteiger partial charge in [-0.2, -0.15) is 0 Å². The van der Waals surface area contributed by atoms with E-state index in [9.17, 15) is 0 Å². The van der Waals surface area contributed by atoms with Crippen LogP contribution in [0.4, 0.5) is 0 Å². The van der Waals surface area contributed by atoms with Gasteiger partial charge < -0.3 is 9.47 Å². The molecule has 0 bridgehead atoms. The summed E-state index contributed by atoms with van der Waals surface area (Å²) in [7, 11) is 3.21. The molecule has 5 aromatic carbocycles. The summed E-state index contributed by atoms with van der Waals surface area (Å²) < 4.78 is 11.4. The van der Waals surface area contributed by atoms with Crippen molar-refractivity contribution in [1.29, 1.82) is 0 Å². The van der Waals surface area contributed by atoms with Crippen LogP contribution in [0.15, 0.2) is 172 Å². The number of benzene rings is 5. The fraction of sp³-hybridized carbons (Fsp3) is 0.0930. The maximum absolute atomic E-state index is 7.22. The van der Waals surface area contributed by atoms with Crippen molar-refractivity contribution in [2.24, 2.45) is 20.0 Å². The fourth-order valence-corrected chi connectivity index (χ4v) is 7.29. The lowest BCUT2D eigenvalue weighted by Gasteiger charge is -2.38. The van der Waals surface area contributed by atoms with Crippen LogP contribution >= 0.6 is 23.2 Å². The topological polar surface area (TPSA) is 80.8 Å². The number of methoxy groups -OCH3 is 2.